The Hall–Kier alpha value is -1.75. The number of carbonyl (C=O) groups is 1. The number of aryl methyl sites for hydroxylation is 2. The Labute approximate surface area is 96.8 Å². The Morgan fingerprint density at radius 1 is 1.62 bits per heavy atom. The minimum absolute atomic E-state index is 0.0422. The number of carbonyl (C=O) groups excluding carboxylic acids is 1. The Bertz CT molecular complexity index is 537. The van der Waals surface area contributed by atoms with Gasteiger partial charge in [0, 0.05) is 13.1 Å². The highest BCUT2D eigenvalue weighted by molar-refractivity contribution is 6.31. The molecule has 16 heavy (non-hydrogen) atoms. The zero-order chi connectivity index (χ0) is 11.9. The van der Waals surface area contributed by atoms with Crippen molar-refractivity contribution in [3.8, 4) is 11.3 Å². The third-order valence-corrected chi connectivity index (χ3v) is 2.59. The van der Waals surface area contributed by atoms with Gasteiger partial charge < -0.3 is 10.2 Å². The number of aromatic nitrogens is 2. The van der Waals surface area contributed by atoms with Gasteiger partial charge in [-0.05, 0) is 24.1 Å². The molecule has 0 fully saturated rings. The maximum absolute atomic E-state index is 11.0. The largest absolute Gasteiger partial charge is 0.439 e. The number of nitrogens with zero attached hydrogens (tertiary/aromatic N) is 2. The fourth-order valence-electron chi connectivity index (χ4n) is 1.59. The van der Waals surface area contributed by atoms with E-state index in [-0.39, 0.29) is 11.0 Å². The van der Waals surface area contributed by atoms with Gasteiger partial charge in [0.2, 0.25) is 5.22 Å². The smallest absolute Gasteiger partial charge is 0.284 e. The molecule has 0 spiro atoms. The first kappa shape index (κ1) is 10.8. The van der Waals surface area contributed by atoms with Crippen molar-refractivity contribution < 1.29 is 9.21 Å². The van der Waals surface area contributed by atoms with Crippen LogP contribution in [-0.4, -0.2) is 15.7 Å². The van der Waals surface area contributed by atoms with Crippen LogP contribution in [0.3, 0.4) is 0 Å². The SMILES string of the molecule is Cc1cnn(C)c1-c1cc(C(N)=O)oc1Cl. The van der Waals surface area contributed by atoms with Crippen molar-refractivity contribution in [1.82, 2.24) is 9.78 Å². The molecule has 0 aromatic carbocycles. The molecule has 0 aliphatic heterocycles. The molecule has 2 aromatic heterocycles. The molecule has 0 unspecified atom stereocenters. The number of nitrogens with two attached hydrogens (primary N) is 1. The maximum atomic E-state index is 11.0. The Morgan fingerprint density at radius 3 is 2.75 bits per heavy atom. The van der Waals surface area contributed by atoms with Crippen LogP contribution in [0.15, 0.2) is 16.7 Å². The number of primary amides is 1. The molecular weight excluding hydrogens is 230 g/mol. The number of halogens is 1. The molecule has 2 rings (SSSR count). The zero-order valence-electron chi connectivity index (χ0n) is 8.82. The van der Waals surface area contributed by atoms with E-state index in [4.69, 9.17) is 21.8 Å². The van der Waals surface area contributed by atoms with Crippen molar-refractivity contribution in [2.75, 3.05) is 0 Å². The second-order valence-electron chi connectivity index (χ2n) is 3.46. The van der Waals surface area contributed by atoms with Crippen molar-refractivity contribution in [3.05, 3.63) is 28.8 Å². The van der Waals surface area contributed by atoms with Gasteiger partial charge in [0.05, 0.1) is 17.5 Å². The first-order valence-corrected chi connectivity index (χ1v) is 4.96. The Kier molecular flexibility index (Phi) is 2.47. The standard InChI is InChI=1S/C10H10ClN3O2/c1-5-4-13-14(2)8(5)6-3-7(10(12)15)16-9(6)11/h3-4H,1-2H3,(H2,12,15). The quantitative estimate of drug-likeness (QED) is 0.868. The lowest BCUT2D eigenvalue weighted by Gasteiger charge is -1.99. The normalized spacial score (nSPS) is 10.7. The van der Waals surface area contributed by atoms with Crippen LogP contribution in [0.2, 0.25) is 5.22 Å². The van der Waals surface area contributed by atoms with Gasteiger partial charge in [-0.1, -0.05) is 0 Å². The lowest BCUT2D eigenvalue weighted by atomic mass is 10.1. The molecule has 0 aliphatic rings. The lowest BCUT2D eigenvalue weighted by Crippen LogP contribution is -2.09. The number of rotatable bonds is 2. The molecule has 0 saturated heterocycles. The highest BCUT2D eigenvalue weighted by Gasteiger charge is 2.18. The van der Waals surface area contributed by atoms with Crippen molar-refractivity contribution in [2.45, 2.75) is 6.92 Å². The van der Waals surface area contributed by atoms with Crippen molar-refractivity contribution in [3.63, 3.8) is 0 Å². The fourth-order valence-corrected chi connectivity index (χ4v) is 1.81. The third kappa shape index (κ3) is 1.59. The van der Waals surface area contributed by atoms with Gasteiger partial charge in [-0.15, -0.1) is 0 Å². The molecule has 1 amide bonds. The van der Waals surface area contributed by atoms with Gasteiger partial charge in [-0.3, -0.25) is 9.48 Å². The van der Waals surface area contributed by atoms with Crippen LogP contribution in [0.4, 0.5) is 0 Å². The van der Waals surface area contributed by atoms with E-state index in [0.717, 1.165) is 11.3 Å². The van der Waals surface area contributed by atoms with Crippen LogP contribution in [-0.2, 0) is 7.05 Å². The van der Waals surface area contributed by atoms with Crippen LogP contribution in [0, 0.1) is 6.92 Å². The van der Waals surface area contributed by atoms with Crippen LogP contribution < -0.4 is 5.73 Å². The summed E-state index contributed by atoms with van der Waals surface area (Å²) in [4.78, 5) is 11.0. The fraction of sp³-hybridized carbons (Fsp3) is 0.200. The predicted molar refractivity (Wildman–Crippen MR) is 59.2 cm³/mol. The Morgan fingerprint density at radius 2 is 2.31 bits per heavy atom. The molecule has 0 atom stereocenters. The van der Waals surface area contributed by atoms with E-state index in [2.05, 4.69) is 5.10 Å². The summed E-state index contributed by atoms with van der Waals surface area (Å²) in [6.45, 7) is 1.90. The first-order chi connectivity index (χ1) is 7.50. The van der Waals surface area contributed by atoms with E-state index in [9.17, 15) is 4.79 Å². The molecule has 0 radical (unpaired) electrons. The summed E-state index contributed by atoms with van der Waals surface area (Å²) in [5.41, 5.74) is 7.48. The minimum Gasteiger partial charge on any atom is -0.439 e. The number of hydrogen-bond donors (Lipinski definition) is 1. The lowest BCUT2D eigenvalue weighted by molar-refractivity contribution is 0.0974. The van der Waals surface area contributed by atoms with Gasteiger partial charge in [0.1, 0.15) is 0 Å². The molecule has 0 aliphatic carbocycles. The van der Waals surface area contributed by atoms with E-state index >= 15 is 0 Å². The van der Waals surface area contributed by atoms with Gasteiger partial charge in [-0.25, -0.2) is 0 Å². The van der Waals surface area contributed by atoms with E-state index in [1.165, 1.54) is 6.07 Å². The van der Waals surface area contributed by atoms with Crippen molar-refractivity contribution >= 4 is 17.5 Å². The van der Waals surface area contributed by atoms with E-state index in [1.807, 2.05) is 6.92 Å². The van der Waals surface area contributed by atoms with E-state index in [0.29, 0.717) is 5.56 Å². The average molecular weight is 240 g/mol. The van der Waals surface area contributed by atoms with Gasteiger partial charge in [0.25, 0.3) is 5.91 Å². The Balaban J connectivity index is 2.61. The summed E-state index contributed by atoms with van der Waals surface area (Å²) in [5.74, 6) is -0.603. The predicted octanol–water partition coefficient (Wildman–Crippen LogP) is 1.74. The second kappa shape index (κ2) is 3.68. The zero-order valence-corrected chi connectivity index (χ0v) is 9.58. The molecule has 2 N–H and O–H groups in total. The maximum Gasteiger partial charge on any atom is 0.284 e. The molecule has 5 nitrogen and oxygen atoms in total. The van der Waals surface area contributed by atoms with Crippen LogP contribution in [0.5, 0.6) is 0 Å². The number of furan rings is 1. The molecular formula is C10H10ClN3O2. The molecule has 2 heterocycles. The number of hydrogen-bond acceptors (Lipinski definition) is 3. The first-order valence-electron chi connectivity index (χ1n) is 4.59. The second-order valence-corrected chi connectivity index (χ2v) is 3.81. The topological polar surface area (TPSA) is 74.1 Å². The van der Waals surface area contributed by atoms with Gasteiger partial charge in [0.15, 0.2) is 5.76 Å². The highest BCUT2D eigenvalue weighted by atomic mass is 35.5. The molecule has 84 valence electrons. The molecule has 2 aromatic rings. The van der Waals surface area contributed by atoms with Crippen molar-refractivity contribution in [1.29, 1.82) is 0 Å². The molecule has 0 bridgehead atoms. The summed E-state index contributed by atoms with van der Waals surface area (Å²) in [7, 11) is 1.79. The number of amides is 1. The van der Waals surface area contributed by atoms with Gasteiger partial charge >= 0.3 is 0 Å². The van der Waals surface area contributed by atoms with Crippen LogP contribution in [0.25, 0.3) is 11.3 Å². The average Bonchev–Trinajstić information content (AvgIpc) is 2.71. The summed E-state index contributed by atoms with van der Waals surface area (Å²) in [6.07, 6.45) is 1.71. The summed E-state index contributed by atoms with van der Waals surface area (Å²) < 4.78 is 6.72. The van der Waals surface area contributed by atoms with Crippen LogP contribution >= 0.6 is 11.6 Å². The molecule has 6 heteroatoms. The van der Waals surface area contributed by atoms with Crippen molar-refractivity contribution in [2.24, 2.45) is 12.8 Å². The minimum atomic E-state index is -0.645. The third-order valence-electron chi connectivity index (χ3n) is 2.31. The monoisotopic (exact) mass is 239 g/mol. The van der Waals surface area contributed by atoms with Crippen LogP contribution in [0.1, 0.15) is 16.1 Å². The highest BCUT2D eigenvalue weighted by Crippen LogP contribution is 2.32. The van der Waals surface area contributed by atoms with Gasteiger partial charge in [-0.2, -0.15) is 5.10 Å². The molecule has 0 saturated carbocycles. The summed E-state index contributed by atoms with van der Waals surface area (Å²) >= 11 is 5.91. The van der Waals surface area contributed by atoms with E-state index in [1.54, 1.807) is 17.9 Å². The summed E-state index contributed by atoms with van der Waals surface area (Å²) in [6, 6.07) is 1.52. The summed E-state index contributed by atoms with van der Waals surface area (Å²) in [5, 5.41) is 4.23. The van der Waals surface area contributed by atoms with E-state index < -0.39 is 5.91 Å².